The smallest absolute Gasteiger partial charge is 0.141 e. The molecule has 0 bridgehead atoms. The topological polar surface area (TPSA) is 23.8 Å². The molecule has 0 aliphatic heterocycles. The largest absolute Gasteiger partial charge is 0.206 e. The van der Waals surface area contributed by atoms with Gasteiger partial charge in [0, 0.05) is 10.9 Å². The summed E-state index contributed by atoms with van der Waals surface area (Å²) in [6.07, 6.45) is 7.25. The molecule has 4 aromatic carbocycles. The maximum atomic E-state index is 15.4. The van der Waals surface area contributed by atoms with Gasteiger partial charge in [-0.05, 0) is 52.6 Å². The summed E-state index contributed by atoms with van der Waals surface area (Å²) in [5, 5.41) is 10.4. The summed E-state index contributed by atoms with van der Waals surface area (Å²) in [6.45, 7) is 2.22. The predicted molar refractivity (Wildman–Crippen MR) is 132 cm³/mol. The third-order valence-corrected chi connectivity index (χ3v) is 6.21. The lowest BCUT2D eigenvalue weighted by Gasteiger charge is -2.10. The Labute approximate surface area is 194 Å². The number of aryl methyl sites for hydroxylation is 1. The van der Waals surface area contributed by atoms with Crippen molar-refractivity contribution in [2.24, 2.45) is 0 Å². The van der Waals surface area contributed by atoms with E-state index in [4.69, 9.17) is 5.26 Å². The van der Waals surface area contributed by atoms with Crippen molar-refractivity contribution in [1.82, 2.24) is 0 Å². The van der Waals surface area contributed by atoms with Crippen LogP contribution in [0.4, 0.5) is 8.78 Å². The highest BCUT2D eigenvalue weighted by Crippen LogP contribution is 2.31. The van der Waals surface area contributed by atoms with E-state index in [1.807, 2.05) is 54.6 Å². The van der Waals surface area contributed by atoms with Crippen LogP contribution in [-0.2, 0) is 6.42 Å². The van der Waals surface area contributed by atoms with Crippen LogP contribution in [0.3, 0.4) is 0 Å². The number of nitriles is 1. The van der Waals surface area contributed by atoms with E-state index < -0.39 is 5.82 Å². The molecule has 33 heavy (non-hydrogen) atoms. The summed E-state index contributed by atoms with van der Waals surface area (Å²) < 4.78 is 29.3. The Balaban J connectivity index is 1.54. The second-order valence-corrected chi connectivity index (χ2v) is 8.53. The molecule has 4 rings (SSSR count). The van der Waals surface area contributed by atoms with Gasteiger partial charge in [-0.25, -0.2) is 8.78 Å². The number of nitrogens with zero attached hydrogens (tertiary/aromatic N) is 1. The van der Waals surface area contributed by atoms with Crippen LogP contribution in [0.5, 0.6) is 0 Å². The van der Waals surface area contributed by atoms with Crippen molar-refractivity contribution in [3.05, 3.63) is 95.6 Å². The Bertz CT molecular complexity index is 1300. The summed E-state index contributed by atoms with van der Waals surface area (Å²) in [6, 6.07) is 23.6. The van der Waals surface area contributed by atoms with Crippen LogP contribution in [0.25, 0.3) is 33.0 Å². The Kier molecular flexibility index (Phi) is 7.15. The standard InChI is InChI=1S/C30H27F2N/c1-2-3-4-5-6-7-21-8-16-28-25(18-21)15-17-27(30(28)32)23-11-9-22(10-12-23)24-13-14-26(20-33)29(31)19-24/h8-19H,2-7H2,1H3. The maximum absolute atomic E-state index is 15.4. The van der Waals surface area contributed by atoms with Gasteiger partial charge in [-0.3, -0.25) is 0 Å². The van der Waals surface area contributed by atoms with Crippen molar-refractivity contribution in [3.8, 4) is 28.3 Å². The zero-order valence-electron chi connectivity index (χ0n) is 18.9. The molecule has 0 saturated heterocycles. The number of benzene rings is 4. The second kappa shape index (κ2) is 10.4. The van der Waals surface area contributed by atoms with E-state index in [9.17, 15) is 4.39 Å². The highest BCUT2D eigenvalue weighted by Gasteiger charge is 2.11. The molecule has 0 atom stereocenters. The van der Waals surface area contributed by atoms with Gasteiger partial charge < -0.3 is 0 Å². The first kappa shape index (κ1) is 22.7. The molecular weight excluding hydrogens is 412 g/mol. The van der Waals surface area contributed by atoms with Gasteiger partial charge in [0.05, 0.1) is 5.56 Å². The van der Waals surface area contributed by atoms with E-state index >= 15 is 4.39 Å². The fourth-order valence-corrected chi connectivity index (χ4v) is 4.28. The van der Waals surface area contributed by atoms with Gasteiger partial charge in [-0.15, -0.1) is 0 Å². The number of rotatable bonds is 8. The average Bonchev–Trinajstić information content (AvgIpc) is 2.84. The van der Waals surface area contributed by atoms with E-state index in [0.29, 0.717) is 16.5 Å². The second-order valence-electron chi connectivity index (χ2n) is 8.53. The number of fused-ring (bicyclic) bond motifs is 1. The molecule has 0 aliphatic rings. The zero-order chi connectivity index (χ0) is 23.2. The van der Waals surface area contributed by atoms with Crippen molar-refractivity contribution < 1.29 is 8.78 Å². The molecule has 0 N–H and O–H groups in total. The SMILES string of the molecule is CCCCCCCc1ccc2c(F)c(-c3ccc(-c4ccc(C#N)c(F)c4)cc3)ccc2c1. The molecule has 0 aliphatic carbocycles. The Morgan fingerprint density at radius 3 is 2.18 bits per heavy atom. The van der Waals surface area contributed by atoms with Crippen LogP contribution in [0.1, 0.15) is 50.2 Å². The zero-order valence-corrected chi connectivity index (χ0v) is 18.9. The normalized spacial score (nSPS) is 11.0. The Morgan fingerprint density at radius 1 is 0.727 bits per heavy atom. The number of halogens is 2. The molecule has 0 spiro atoms. The van der Waals surface area contributed by atoms with Crippen LogP contribution in [0, 0.1) is 23.0 Å². The number of hydrogen-bond donors (Lipinski definition) is 0. The van der Waals surface area contributed by atoms with Crippen molar-refractivity contribution in [2.45, 2.75) is 45.4 Å². The molecule has 3 heteroatoms. The molecule has 0 amide bonds. The summed E-state index contributed by atoms with van der Waals surface area (Å²) in [5.74, 6) is -0.765. The van der Waals surface area contributed by atoms with Crippen molar-refractivity contribution >= 4 is 10.8 Å². The summed E-state index contributed by atoms with van der Waals surface area (Å²) in [7, 11) is 0. The van der Waals surface area contributed by atoms with Crippen molar-refractivity contribution in [3.63, 3.8) is 0 Å². The highest BCUT2D eigenvalue weighted by atomic mass is 19.1. The van der Waals surface area contributed by atoms with Crippen molar-refractivity contribution in [2.75, 3.05) is 0 Å². The van der Waals surface area contributed by atoms with Gasteiger partial charge in [0.25, 0.3) is 0 Å². The van der Waals surface area contributed by atoms with Gasteiger partial charge in [0.2, 0.25) is 0 Å². The lowest BCUT2D eigenvalue weighted by atomic mass is 9.96. The third-order valence-electron chi connectivity index (χ3n) is 6.21. The molecule has 0 aromatic heterocycles. The minimum absolute atomic E-state index is 0.0215. The van der Waals surface area contributed by atoms with Crippen LogP contribution < -0.4 is 0 Å². The number of hydrogen-bond acceptors (Lipinski definition) is 1. The van der Waals surface area contributed by atoms with E-state index in [1.54, 1.807) is 6.07 Å². The molecule has 0 fully saturated rings. The third kappa shape index (κ3) is 5.12. The summed E-state index contributed by atoms with van der Waals surface area (Å²) in [4.78, 5) is 0. The van der Waals surface area contributed by atoms with E-state index in [2.05, 4.69) is 13.0 Å². The molecule has 0 unspecified atom stereocenters. The fourth-order valence-electron chi connectivity index (χ4n) is 4.28. The van der Waals surface area contributed by atoms with E-state index in [-0.39, 0.29) is 11.4 Å². The van der Waals surface area contributed by atoms with E-state index in [1.165, 1.54) is 49.8 Å². The van der Waals surface area contributed by atoms with Gasteiger partial charge >= 0.3 is 0 Å². The molecule has 0 saturated carbocycles. The first-order valence-electron chi connectivity index (χ1n) is 11.6. The monoisotopic (exact) mass is 439 g/mol. The van der Waals surface area contributed by atoms with Gasteiger partial charge in [0.15, 0.2) is 0 Å². The minimum atomic E-state index is -0.542. The molecule has 4 aromatic rings. The van der Waals surface area contributed by atoms with Crippen molar-refractivity contribution in [1.29, 1.82) is 5.26 Å². The molecule has 1 nitrogen and oxygen atoms in total. The average molecular weight is 440 g/mol. The summed E-state index contributed by atoms with van der Waals surface area (Å²) in [5.41, 5.74) is 4.09. The van der Waals surface area contributed by atoms with Gasteiger partial charge in [0.1, 0.15) is 17.7 Å². The minimum Gasteiger partial charge on any atom is -0.206 e. The Hall–Kier alpha value is -3.51. The Morgan fingerprint density at radius 2 is 1.45 bits per heavy atom. The lowest BCUT2D eigenvalue weighted by molar-refractivity contribution is 0.624. The van der Waals surface area contributed by atoms with Gasteiger partial charge in [-0.1, -0.05) is 93.3 Å². The molecular formula is C30H27F2N. The van der Waals surface area contributed by atoms with Crippen LogP contribution in [0.15, 0.2) is 72.8 Å². The number of unbranched alkanes of at least 4 members (excludes halogenated alkanes) is 4. The predicted octanol–water partition coefficient (Wildman–Crippen LogP) is 8.84. The lowest BCUT2D eigenvalue weighted by Crippen LogP contribution is -1.91. The highest BCUT2D eigenvalue weighted by molar-refractivity contribution is 5.89. The van der Waals surface area contributed by atoms with E-state index in [0.717, 1.165) is 22.9 Å². The van der Waals surface area contributed by atoms with Crippen LogP contribution >= 0.6 is 0 Å². The van der Waals surface area contributed by atoms with Gasteiger partial charge in [-0.2, -0.15) is 5.26 Å². The first-order valence-corrected chi connectivity index (χ1v) is 11.6. The fraction of sp³-hybridized carbons (Fsp3) is 0.233. The molecule has 0 radical (unpaired) electrons. The molecule has 166 valence electrons. The van der Waals surface area contributed by atoms with Crippen LogP contribution in [0.2, 0.25) is 0 Å². The van der Waals surface area contributed by atoms with Crippen LogP contribution in [-0.4, -0.2) is 0 Å². The summed E-state index contributed by atoms with van der Waals surface area (Å²) >= 11 is 0. The molecule has 0 heterocycles. The maximum Gasteiger partial charge on any atom is 0.141 e. The first-order chi connectivity index (χ1) is 16.1. The quantitative estimate of drug-likeness (QED) is 0.252.